The molecule has 75 valence electrons. The van der Waals surface area contributed by atoms with E-state index in [0.717, 1.165) is 0 Å². The second-order valence-electron chi connectivity index (χ2n) is 1.18. The topological polar surface area (TPSA) is 74.6 Å². The fourth-order valence-corrected chi connectivity index (χ4v) is 0. The van der Waals surface area contributed by atoms with Crippen molar-refractivity contribution in [2.24, 2.45) is 0 Å². The van der Waals surface area contributed by atoms with Crippen molar-refractivity contribution >= 4 is 22.6 Å². The number of aliphatic hydroxyl groups excluding tert-OH is 2. The molecule has 0 rings (SSSR count). The molecule has 0 unspecified atom stereocenters. The van der Waals surface area contributed by atoms with E-state index in [-0.39, 0.29) is 0 Å². The summed E-state index contributed by atoms with van der Waals surface area (Å²) in [5.41, 5.74) is 0. The summed E-state index contributed by atoms with van der Waals surface area (Å²) >= 11 is 1.82. The molecular formula is C6H12ClO4Ru. The van der Waals surface area contributed by atoms with Crippen LogP contribution in [-0.4, -0.2) is 23.2 Å². The van der Waals surface area contributed by atoms with Crippen LogP contribution in [0.1, 0.15) is 26.7 Å². The van der Waals surface area contributed by atoms with Gasteiger partial charge in [-0.1, -0.05) is 39.6 Å². The Labute approximate surface area is 86.6 Å². The molecule has 0 aromatic rings. The van der Waals surface area contributed by atoms with E-state index < -0.39 is 0 Å². The summed E-state index contributed by atoms with van der Waals surface area (Å²) in [6.07, 6.45) is 2.64. The van der Waals surface area contributed by atoms with E-state index in [4.69, 9.17) is 19.8 Å². The van der Waals surface area contributed by atoms with Crippen molar-refractivity contribution in [1.82, 2.24) is 0 Å². The molecule has 12 heavy (non-hydrogen) atoms. The molecule has 4 nitrogen and oxygen atoms in total. The normalized spacial score (nSPS) is 4.92. The van der Waals surface area contributed by atoms with Crippen LogP contribution < -0.4 is 0 Å². The minimum atomic E-state index is 0.500. The average Bonchev–Trinajstić information content (AvgIpc) is 2.10. The van der Waals surface area contributed by atoms with Gasteiger partial charge in [-0.15, -0.1) is 0 Å². The van der Waals surface area contributed by atoms with Crippen molar-refractivity contribution in [3.05, 3.63) is 0 Å². The van der Waals surface area contributed by atoms with E-state index in [1.165, 1.54) is 12.8 Å². The molecule has 0 aliphatic rings. The molecule has 0 amide bonds. The Balaban J connectivity index is -0.0000000368. The van der Waals surface area contributed by atoms with Crippen molar-refractivity contribution < 1.29 is 37.1 Å². The number of halogens is 1. The Bertz CT molecular complexity index is 55.5. The van der Waals surface area contributed by atoms with Gasteiger partial charge in [-0.2, -0.15) is 0 Å². The van der Waals surface area contributed by atoms with Crippen molar-refractivity contribution in [3.63, 3.8) is 0 Å². The minimum absolute atomic E-state index is 0.500. The summed E-state index contributed by atoms with van der Waals surface area (Å²) in [5.74, 6) is 0. The first-order chi connectivity index (χ1) is 5.74. The first-order valence-corrected chi connectivity index (χ1v) is 5.14. The third-order valence-corrected chi connectivity index (χ3v) is 0.500. The van der Waals surface area contributed by atoms with Gasteiger partial charge in [-0.25, -0.2) is 0 Å². The molecule has 0 aliphatic carbocycles. The predicted molar refractivity (Wildman–Crippen MR) is 43.1 cm³/mol. The van der Waals surface area contributed by atoms with E-state index in [9.17, 15) is 0 Å². The standard InChI is InChI=1S/C4H10.2CHO2.ClH.Ru/c1-3-4-2;2*2-1-3;;/h3-4H2,1-2H3;2*(H,2,3);1H;/q;2*-1;;+3/p-1. The zero-order valence-corrected chi connectivity index (χ0v) is 9.35. The predicted octanol–water partition coefficient (Wildman–Crippen LogP) is 1.72. The Morgan fingerprint density at radius 1 is 1.08 bits per heavy atom. The first-order valence-electron chi connectivity index (χ1n) is 2.90. The van der Waals surface area contributed by atoms with Crippen LogP contribution in [0.25, 0.3) is 0 Å². The molecule has 0 aromatic carbocycles. The summed E-state index contributed by atoms with van der Waals surface area (Å²) in [6.45, 7) is 5.36. The van der Waals surface area contributed by atoms with Crippen molar-refractivity contribution in [2.45, 2.75) is 26.7 Å². The second kappa shape index (κ2) is 71.0. The molecule has 0 aliphatic heterocycles. The molecule has 0 heterocycles. The van der Waals surface area contributed by atoms with E-state index in [1.807, 2.05) is 17.3 Å². The van der Waals surface area contributed by atoms with Gasteiger partial charge in [-0.3, -0.25) is 0 Å². The summed E-state index contributed by atoms with van der Waals surface area (Å²) < 4.78 is 0. The molecule has 0 spiro atoms. The van der Waals surface area contributed by atoms with Gasteiger partial charge in [-0.05, 0) is 0 Å². The van der Waals surface area contributed by atoms with Crippen molar-refractivity contribution in [2.75, 3.05) is 0 Å². The molecule has 0 saturated heterocycles. The Kier molecular flexibility index (Phi) is 134. The fraction of sp³-hybridized carbons (Fsp3) is 0.667. The van der Waals surface area contributed by atoms with Gasteiger partial charge in [0.2, 0.25) is 0 Å². The van der Waals surface area contributed by atoms with Gasteiger partial charge in [0.1, 0.15) is 0 Å². The van der Waals surface area contributed by atoms with Gasteiger partial charge in [0.15, 0.2) is 0 Å². The van der Waals surface area contributed by atoms with E-state index >= 15 is 0 Å². The van der Waals surface area contributed by atoms with Crippen LogP contribution in [-0.2, 0) is 26.9 Å². The second-order valence-corrected chi connectivity index (χ2v) is 1.18. The van der Waals surface area contributed by atoms with Gasteiger partial charge in [0.25, 0.3) is 0 Å². The molecule has 2 N–H and O–H groups in total. The first kappa shape index (κ1) is 22.6. The van der Waals surface area contributed by atoms with Crippen LogP contribution in [0.4, 0.5) is 0 Å². The Hall–Kier alpha value is -0.147. The van der Waals surface area contributed by atoms with Crippen LogP contribution in [0.15, 0.2) is 0 Å². The monoisotopic (exact) mass is 285 g/mol. The van der Waals surface area contributed by atoms with Gasteiger partial charge < -0.3 is 19.8 Å². The molecule has 0 atom stereocenters. The zero-order chi connectivity index (χ0) is 10.8. The number of rotatable bonds is 1. The van der Waals surface area contributed by atoms with E-state index in [2.05, 4.69) is 23.5 Å². The van der Waals surface area contributed by atoms with Crippen molar-refractivity contribution in [1.29, 1.82) is 0 Å². The van der Waals surface area contributed by atoms with Crippen LogP contribution in [0.5, 0.6) is 0 Å². The van der Waals surface area contributed by atoms with Gasteiger partial charge in [0.05, 0.1) is 0 Å². The molecule has 0 saturated carbocycles. The SMILES string of the molecule is CCCC.O=[C-]O.O=[C-]O.[Cl][Ru+2]. The van der Waals surface area contributed by atoms with Crippen LogP contribution in [0, 0.1) is 0 Å². The number of hydrogen-bond acceptors (Lipinski definition) is 2. The fourth-order valence-electron chi connectivity index (χ4n) is 0. The quantitative estimate of drug-likeness (QED) is 0.568. The molecule has 0 fully saturated rings. The maximum absolute atomic E-state index is 8.24. The molecule has 0 radical (unpaired) electrons. The summed E-state index contributed by atoms with van der Waals surface area (Å²) in [4.78, 5) is 16.5. The molecule has 0 bridgehead atoms. The van der Waals surface area contributed by atoms with E-state index in [1.54, 1.807) is 0 Å². The van der Waals surface area contributed by atoms with Crippen LogP contribution >= 0.6 is 9.69 Å². The van der Waals surface area contributed by atoms with Gasteiger partial charge >= 0.3 is 27.0 Å². The van der Waals surface area contributed by atoms with Crippen LogP contribution in [0.2, 0.25) is 0 Å². The third kappa shape index (κ3) is 1060. The summed E-state index contributed by atoms with van der Waals surface area (Å²) in [7, 11) is 4.57. The molecule has 0 aromatic heterocycles. The van der Waals surface area contributed by atoms with E-state index in [0.29, 0.717) is 12.9 Å². The molecular weight excluding hydrogens is 273 g/mol. The Morgan fingerprint density at radius 2 is 1.17 bits per heavy atom. The van der Waals surface area contributed by atoms with Crippen molar-refractivity contribution in [3.8, 4) is 0 Å². The zero-order valence-electron chi connectivity index (χ0n) is 6.86. The third-order valence-electron chi connectivity index (χ3n) is 0.500. The number of unbranched alkanes of at least 4 members (excludes halogenated alkanes) is 1. The average molecular weight is 285 g/mol. The van der Waals surface area contributed by atoms with Crippen LogP contribution in [0.3, 0.4) is 0 Å². The Morgan fingerprint density at radius 3 is 1.17 bits per heavy atom. The molecule has 6 heteroatoms. The van der Waals surface area contributed by atoms with Gasteiger partial charge in [0, 0.05) is 0 Å². The number of hydrogen-bond donors (Lipinski definition) is 2. The summed E-state index contributed by atoms with van der Waals surface area (Å²) in [6, 6.07) is 0. The maximum atomic E-state index is 8.24. The summed E-state index contributed by atoms with van der Waals surface area (Å²) in [5, 5.41) is 13.5.